The third-order valence-corrected chi connectivity index (χ3v) is 4.93. The van der Waals surface area contributed by atoms with Crippen molar-refractivity contribution in [1.82, 2.24) is 10.6 Å². The minimum Gasteiger partial charge on any atom is -0.493 e. The van der Waals surface area contributed by atoms with Crippen molar-refractivity contribution in [2.24, 2.45) is 11.8 Å². The summed E-state index contributed by atoms with van der Waals surface area (Å²) in [7, 11) is 0. The second-order valence-corrected chi connectivity index (χ2v) is 7.02. The van der Waals surface area contributed by atoms with Crippen LogP contribution in [-0.4, -0.2) is 31.1 Å². The minimum absolute atomic E-state index is 0.177. The zero-order chi connectivity index (χ0) is 15.7. The lowest BCUT2D eigenvalue weighted by atomic mass is 9.83. The number of benzene rings is 1. The molecule has 120 valence electrons. The number of hydrogen-bond donors (Lipinski definition) is 2. The van der Waals surface area contributed by atoms with Crippen LogP contribution in [0.4, 0.5) is 0 Å². The normalized spacial score (nSPS) is 26.2. The van der Waals surface area contributed by atoms with Gasteiger partial charge in [-0.2, -0.15) is 0 Å². The fraction of sp³-hybridized carbons (Fsp3) is 0.611. The van der Waals surface area contributed by atoms with Crippen molar-refractivity contribution in [2.45, 2.75) is 38.6 Å². The maximum atomic E-state index is 12.5. The number of nitrogens with one attached hydrogen (secondary N) is 2. The number of hydrogen-bond acceptors (Lipinski definition) is 3. The zero-order valence-electron chi connectivity index (χ0n) is 13.7. The molecule has 1 amide bonds. The summed E-state index contributed by atoms with van der Waals surface area (Å²) in [4.78, 5) is 12.5. The summed E-state index contributed by atoms with van der Waals surface area (Å²) >= 11 is 0. The van der Waals surface area contributed by atoms with E-state index in [1.165, 1.54) is 5.56 Å². The van der Waals surface area contributed by atoms with Gasteiger partial charge in [-0.3, -0.25) is 4.79 Å². The van der Waals surface area contributed by atoms with Crippen LogP contribution in [0.3, 0.4) is 0 Å². The topological polar surface area (TPSA) is 50.4 Å². The lowest BCUT2D eigenvalue weighted by Crippen LogP contribution is -2.49. The van der Waals surface area contributed by atoms with Gasteiger partial charge in [0, 0.05) is 22.9 Å². The fourth-order valence-electron chi connectivity index (χ4n) is 3.38. The van der Waals surface area contributed by atoms with Crippen LogP contribution in [0.5, 0.6) is 5.75 Å². The van der Waals surface area contributed by atoms with Gasteiger partial charge in [0.15, 0.2) is 0 Å². The summed E-state index contributed by atoms with van der Waals surface area (Å²) in [6, 6.07) is 8.13. The first-order valence-corrected chi connectivity index (χ1v) is 8.27. The van der Waals surface area contributed by atoms with Crippen molar-refractivity contribution in [3.8, 4) is 5.75 Å². The molecule has 4 heteroatoms. The maximum Gasteiger partial charge on any atom is 0.223 e. The molecule has 1 heterocycles. The third-order valence-electron chi connectivity index (χ3n) is 4.93. The van der Waals surface area contributed by atoms with Crippen LogP contribution in [0.1, 0.15) is 38.7 Å². The van der Waals surface area contributed by atoms with Gasteiger partial charge in [0.25, 0.3) is 0 Å². The molecule has 2 N–H and O–H groups in total. The first kappa shape index (κ1) is 15.3. The van der Waals surface area contributed by atoms with Crippen LogP contribution >= 0.6 is 0 Å². The molecule has 0 aromatic heterocycles. The van der Waals surface area contributed by atoms with Crippen LogP contribution in [0.2, 0.25) is 0 Å². The Morgan fingerprint density at radius 2 is 2.14 bits per heavy atom. The molecule has 1 aliphatic heterocycles. The highest BCUT2D eigenvalue weighted by atomic mass is 16.5. The number of carbonyl (C=O) groups is 1. The van der Waals surface area contributed by atoms with Crippen LogP contribution in [0.15, 0.2) is 24.3 Å². The Bertz CT molecular complexity index is 556. The summed E-state index contributed by atoms with van der Waals surface area (Å²) in [5, 5.41) is 6.59. The summed E-state index contributed by atoms with van der Waals surface area (Å²) in [5.41, 5.74) is 0.905. The highest BCUT2D eigenvalue weighted by Gasteiger charge is 2.45. The molecule has 0 saturated heterocycles. The number of ether oxygens (including phenoxy) is 1. The van der Waals surface area contributed by atoms with Crippen LogP contribution in [-0.2, 0) is 4.79 Å². The molecule has 0 radical (unpaired) electrons. The monoisotopic (exact) mass is 302 g/mol. The van der Waals surface area contributed by atoms with E-state index in [1.54, 1.807) is 0 Å². The maximum absolute atomic E-state index is 12.5. The van der Waals surface area contributed by atoms with E-state index in [-0.39, 0.29) is 23.3 Å². The minimum atomic E-state index is -0.297. The van der Waals surface area contributed by atoms with E-state index in [9.17, 15) is 4.79 Å². The lowest BCUT2D eigenvalue weighted by molar-refractivity contribution is -0.124. The summed E-state index contributed by atoms with van der Waals surface area (Å²) in [6.07, 6.45) is 1.01. The van der Waals surface area contributed by atoms with Crippen LogP contribution in [0, 0.1) is 11.8 Å². The predicted octanol–water partition coefficient (Wildman–Crippen LogP) is 2.30. The number of rotatable bonds is 6. The molecule has 1 fully saturated rings. The molecular formula is C18H26N2O2. The van der Waals surface area contributed by atoms with Crippen LogP contribution < -0.4 is 15.4 Å². The van der Waals surface area contributed by atoms with Gasteiger partial charge >= 0.3 is 0 Å². The van der Waals surface area contributed by atoms with Gasteiger partial charge in [-0.15, -0.1) is 0 Å². The average Bonchev–Trinajstić information content (AvgIpc) is 3.13. The molecular weight excluding hydrogens is 276 g/mol. The van der Waals surface area contributed by atoms with Gasteiger partial charge in [-0.25, -0.2) is 0 Å². The standard InChI is InChI=1S/C18H26N2O2/c1-4-19-10-12-9-14(12)17(21)20-18(2,3)15-11-22-16-8-6-5-7-13(15)16/h5-8,12,14-15,19H,4,9-11H2,1-3H3,(H,20,21)/t12-,14+,15?/m1/s1. The lowest BCUT2D eigenvalue weighted by Gasteiger charge is -2.32. The Morgan fingerprint density at radius 3 is 2.91 bits per heavy atom. The summed E-state index contributed by atoms with van der Waals surface area (Å²) in [5.74, 6) is 2.03. The molecule has 22 heavy (non-hydrogen) atoms. The van der Waals surface area contributed by atoms with E-state index in [0.717, 1.165) is 25.3 Å². The Morgan fingerprint density at radius 1 is 1.36 bits per heavy atom. The molecule has 1 saturated carbocycles. The number of amides is 1. The van der Waals surface area contributed by atoms with E-state index in [1.807, 2.05) is 18.2 Å². The molecule has 4 nitrogen and oxygen atoms in total. The highest BCUT2D eigenvalue weighted by Crippen LogP contribution is 2.42. The van der Waals surface area contributed by atoms with Crippen molar-refractivity contribution < 1.29 is 9.53 Å². The highest BCUT2D eigenvalue weighted by molar-refractivity contribution is 5.82. The number of fused-ring (bicyclic) bond motifs is 1. The molecule has 3 rings (SSSR count). The molecule has 2 aliphatic rings. The first-order valence-electron chi connectivity index (χ1n) is 8.27. The Balaban J connectivity index is 1.61. The average molecular weight is 302 g/mol. The van der Waals surface area contributed by atoms with Crippen LogP contribution in [0.25, 0.3) is 0 Å². The number of carbonyl (C=O) groups excluding carboxylic acids is 1. The van der Waals surface area contributed by atoms with E-state index >= 15 is 0 Å². The van der Waals surface area contributed by atoms with Gasteiger partial charge in [0.1, 0.15) is 5.75 Å². The Hall–Kier alpha value is -1.55. The fourth-order valence-corrected chi connectivity index (χ4v) is 3.38. The Kier molecular flexibility index (Phi) is 4.13. The third kappa shape index (κ3) is 2.98. The molecule has 3 atom stereocenters. The number of para-hydroxylation sites is 1. The van der Waals surface area contributed by atoms with Gasteiger partial charge in [0.05, 0.1) is 6.61 Å². The first-order chi connectivity index (χ1) is 10.5. The molecule has 1 aliphatic carbocycles. The molecule has 0 bridgehead atoms. The molecule has 1 aromatic carbocycles. The van der Waals surface area contributed by atoms with Crippen molar-refractivity contribution in [3.05, 3.63) is 29.8 Å². The van der Waals surface area contributed by atoms with E-state index in [0.29, 0.717) is 12.5 Å². The second-order valence-electron chi connectivity index (χ2n) is 7.02. The van der Waals surface area contributed by atoms with Gasteiger partial charge in [-0.05, 0) is 45.3 Å². The summed E-state index contributed by atoms with van der Waals surface area (Å²) < 4.78 is 5.77. The van der Waals surface area contributed by atoms with Crippen molar-refractivity contribution in [3.63, 3.8) is 0 Å². The smallest absolute Gasteiger partial charge is 0.223 e. The van der Waals surface area contributed by atoms with E-state index in [4.69, 9.17) is 4.74 Å². The summed E-state index contributed by atoms with van der Waals surface area (Å²) in [6.45, 7) is 8.85. The van der Waals surface area contributed by atoms with Gasteiger partial charge in [-0.1, -0.05) is 25.1 Å². The van der Waals surface area contributed by atoms with Crippen molar-refractivity contribution in [2.75, 3.05) is 19.7 Å². The largest absolute Gasteiger partial charge is 0.493 e. The van der Waals surface area contributed by atoms with Crippen molar-refractivity contribution in [1.29, 1.82) is 0 Å². The predicted molar refractivity (Wildman–Crippen MR) is 87.0 cm³/mol. The SMILES string of the molecule is CCNC[C@H]1C[C@@H]1C(=O)NC(C)(C)C1COc2ccccc21. The quantitative estimate of drug-likeness (QED) is 0.848. The molecule has 1 aromatic rings. The van der Waals surface area contributed by atoms with Gasteiger partial charge in [0.2, 0.25) is 5.91 Å². The van der Waals surface area contributed by atoms with Gasteiger partial charge < -0.3 is 15.4 Å². The molecule has 1 unspecified atom stereocenters. The van der Waals surface area contributed by atoms with E-state index < -0.39 is 0 Å². The molecule has 0 spiro atoms. The Labute approximate surface area is 132 Å². The second kappa shape index (κ2) is 5.92. The zero-order valence-corrected chi connectivity index (χ0v) is 13.7. The van der Waals surface area contributed by atoms with E-state index in [2.05, 4.69) is 37.5 Å². The van der Waals surface area contributed by atoms with Crippen molar-refractivity contribution >= 4 is 5.91 Å².